The smallest absolute Gasteiger partial charge is 0.375 e. The average molecular weight is 375 g/mol. The Labute approximate surface area is 139 Å². The van der Waals surface area contributed by atoms with Crippen molar-refractivity contribution in [3.63, 3.8) is 0 Å². The largest absolute Gasteiger partial charge is 0.405 e. The van der Waals surface area contributed by atoms with Crippen molar-refractivity contribution in [2.45, 2.75) is 11.1 Å². The van der Waals surface area contributed by atoms with Gasteiger partial charge in [0.2, 0.25) is 0 Å². The maximum absolute atomic E-state index is 13.3. The van der Waals surface area contributed by atoms with Gasteiger partial charge in [-0.1, -0.05) is 0 Å². The molecular weight excluding hydrogens is 366 g/mol. The van der Waals surface area contributed by atoms with E-state index in [1.807, 2.05) is 5.32 Å². The molecule has 0 radical (unpaired) electrons. The van der Waals surface area contributed by atoms with Crippen molar-refractivity contribution in [1.29, 1.82) is 5.26 Å². The number of nitrogens with one attached hydrogen (secondary N) is 2. The van der Waals surface area contributed by atoms with Crippen LogP contribution in [0.3, 0.4) is 0 Å². The van der Waals surface area contributed by atoms with E-state index in [0.29, 0.717) is 6.07 Å². The Kier molecular flexibility index (Phi) is 5.07. The van der Waals surface area contributed by atoms with Crippen molar-refractivity contribution < 1.29 is 25.5 Å². The zero-order valence-electron chi connectivity index (χ0n) is 12.2. The molecule has 2 aromatic rings. The monoisotopic (exact) mass is 375 g/mol. The number of rotatable bonds is 5. The summed E-state index contributed by atoms with van der Waals surface area (Å²) in [6.45, 7) is -1.50. The van der Waals surface area contributed by atoms with Gasteiger partial charge in [0, 0.05) is 6.20 Å². The lowest BCUT2D eigenvalue weighted by Gasteiger charge is -2.16. The summed E-state index contributed by atoms with van der Waals surface area (Å²) >= 11 is 0. The van der Waals surface area contributed by atoms with Crippen LogP contribution in [0, 0.1) is 11.3 Å². The molecule has 132 valence electrons. The number of alkyl halides is 3. The maximum Gasteiger partial charge on any atom is 0.405 e. The molecule has 0 bridgehead atoms. The van der Waals surface area contributed by atoms with Crippen LogP contribution < -0.4 is 10.6 Å². The molecule has 0 saturated heterocycles. The summed E-state index contributed by atoms with van der Waals surface area (Å²) in [7, 11) is -5.31. The van der Waals surface area contributed by atoms with E-state index in [1.165, 1.54) is 18.3 Å². The fourth-order valence-corrected chi connectivity index (χ4v) is 2.44. The number of hydrogen-bond donors (Lipinski definition) is 2. The fraction of sp³-hybridized carbons (Fsp3) is 0.154. The topological polar surface area (TPSA) is 108 Å². The molecule has 2 N–H and O–H groups in total. The molecule has 0 atom stereocenters. The van der Waals surface area contributed by atoms with E-state index in [-0.39, 0.29) is 17.2 Å². The van der Waals surface area contributed by atoms with E-state index in [1.54, 1.807) is 0 Å². The normalized spacial score (nSPS) is 11.6. The first-order valence-corrected chi connectivity index (χ1v) is 7.85. The van der Waals surface area contributed by atoms with Crippen molar-refractivity contribution in [3.05, 3.63) is 36.3 Å². The second-order valence-corrected chi connectivity index (χ2v) is 5.95. The maximum atomic E-state index is 13.3. The molecule has 1 heterocycles. The van der Waals surface area contributed by atoms with Gasteiger partial charge in [0.1, 0.15) is 29.7 Å². The van der Waals surface area contributed by atoms with Gasteiger partial charge in [-0.25, -0.2) is 9.97 Å². The van der Waals surface area contributed by atoms with E-state index < -0.39 is 33.4 Å². The zero-order valence-corrected chi connectivity index (χ0v) is 13.0. The number of nitriles is 1. The first-order valence-electron chi connectivity index (χ1n) is 6.46. The van der Waals surface area contributed by atoms with Crippen LogP contribution in [-0.4, -0.2) is 31.1 Å². The van der Waals surface area contributed by atoms with Crippen LogP contribution in [-0.2, 0) is 10.2 Å². The van der Waals surface area contributed by atoms with E-state index in [0.717, 1.165) is 12.4 Å². The first kappa shape index (κ1) is 18.4. The minimum Gasteiger partial charge on any atom is -0.375 e. The van der Waals surface area contributed by atoms with Gasteiger partial charge < -0.3 is 10.6 Å². The van der Waals surface area contributed by atoms with Crippen LogP contribution in [0.4, 0.5) is 34.2 Å². The van der Waals surface area contributed by atoms with Gasteiger partial charge in [-0.05, 0) is 18.2 Å². The summed E-state index contributed by atoms with van der Waals surface area (Å²) in [6.07, 6.45) is -2.09. The number of hydrogen-bond acceptors (Lipinski definition) is 7. The van der Waals surface area contributed by atoms with Gasteiger partial charge >= 0.3 is 16.4 Å². The molecule has 25 heavy (non-hydrogen) atoms. The molecule has 0 aliphatic carbocycles. The molecular formula is C13H9F4N5O2S. The van der Waals surface area contributed by atoms with Crippen molar-refractivity contribution >= 4 is 27.4 Å². The summed E-state index contributed by atoms with van der Waals surface area (Å²) in [6, 6.07) is 4.40. The molecule has 2 rings (SSSR count). The molecule has 12 heteroatoms. The van der Waals surface area contributed by atoms with Crippen LogP contribution >= 0.6 is 0 Å². The number of nitrogens with zero attached hydrogens (tertiary/aromatic N) is 3. The van der Waals surface area contributed by atoms with Gasteiger partial charge in [0.05, 0.1) is 16.9 Å². The van der Waals surface area contributed by atoms with Crippen LogP contribution in [0.1, 0.15) is 5.56 Å². The molecule has 7 nitrogen and oxygen atoms in total. The second-order valence-electron chi connectivity index (χ2n) is 4.63. The minimum atomic E-state index is -5.31. The third kappa shape index (κ3) is 5.01. The Morgan fingerprint density at radius 1 is 1.24 bits per heavy atom. The van der Waals surface area contributed by atoms with E-state index >= 15 is 0 Å². The van der Waals surface area contributed by atoms with E-state index in [9.17, 15) is 25.5 Å². The fourth-order valence-electron chi connectivity index (χ4n) is 1.82. The van der Waals surface area contributed by atoms with Gasteiger partial charge in [-0.15, -0.1) is 3.89 Å². The molecule has 0 spiro atoms. The molecule has 0 unspecified atom stereocenters. The van der Waals surface area contributed by atoms with Crippen molar-refractivity contribution in [1.82, 2.24) is 9.97 Å². The molecule has 1 aromatic carbocycles. The van der Waals surface area contributed by atoms with Crippen molar-refractivity contribution in [3.8, 4) is 6.07 Å². The van der Waals surface area contributed by atoms with Crippen LogP contribution in [0.25, 0.3) is 0 Å². The Bertz CT molecular complexity index is 910. The highest BCUT2D eigenvalue weighted by Crippen LogP contribution is 2.32. The quantitative estimate of drug-likeness (QED) is 0.611. The van der Waals surface area contributed by atoms with Gasteiger partial charge in [-0.2, -0.15) is 26.9 Å². The first-order chi connectivity index (χ1) is 11.6. The van der Waals surface area contributed by atoms with Crippen LogP contribution in [0.5, 0.6) is 0 Å². The lowest BCUT2D eigenvalue weighted by atomic mass is 10.1. The molecule has 0 aliphatic rings. The lowest BCUT2D eigenvalue weighted by molar-refractivity contribution is -0.115. The summed E-state index contributed by atoms with van der Waals surface area (Å²) in [5, 5.41) is 13.6. The number of halogens is 4. The Balaban J connectivity index is 2.53. The van der Waals surface area contributed by atoms with Crippen molar-refractivity contribution in [2.24, 2.45) is 0 Å². The van der Waals surface area contributed by atoms with Gasteiger partial charge in [0.25, 0.3) is 0 Å². The standard InChI is InChI=1S/C13H9F4N5O2S/c14-13(15,16)6-20-9-4-11(25(17,23)24)8(5-18)3-10(9)22-12-1-2-19-7-21-12/h1-4,7,20H,6H2,(H,19,21,22). The molecule has 0 amide bonds. The van der Waals surface area contributed by atoms with Crippen LogP contribution in [0.2, 0.25) is 0 Å². The highest BCUT2D eigenvalue weighted by atomic mass is 32.3. The highest BCUT2D eigenvalue weighted by Gasteiger charge is 2.28. The Hall–Kier alpha value is -2.94. The molecule has 1 aromatic heterocycles. The average Bonchev–Trinajstić information content (AvgIpc) is 2.52. The SMILES string of the molecule is N#Cc1cc(Nc2ccncn2)c(NCC(F)(F)F)cc1S(=O)(=O)F. The third-order valence-corrected chi connectivity index (χ3v) is 3.69. The van der Waals surface area contributed by atoms with E-state index in [4.69, 9.17) is 5.26 Å². The number of benzene rings is 1. The molecule has 0 aliphatic heterocycles. The number of aromatic nitrogens is 2. The predicted octanol–water partition coefficient (Wildman–Crippen LogP) is 2.72. The zero-order chi connectivity index (χ0) is 18.7. The van der Waals surface area contributed by atoms with Crippen molar-refractivity contribution in [2.75, 3.05) is 17.2 Å². The minimum absolute atomic E-state index is 0.0908. The molecule has 0 saturated carbocycles. The Morgan fingerprint density at radius 2 is 1.96 bits per heavy atom. The molecule has 0 fully saturated rings. The predicted molar refractivity (Wildman–Crippen MR) is 79.3 cm³/mol. The summed E-state index contributed by atoms with van der Waals surface area (Å²) in [5.74, 6) is 0.171. The lowest BCUT2D eigenvalue weighted by Crippen LogP contribution is -2.22. The number of anilines is 3. The highest BCUT2D eigenvalue weighted by molar-refractivity contribution is 7.86. The van der Waals surface area contributed by atoms with Gasteiger partial charge in [0.15, 0.2) is 0 Å². The van der Waals surface area contributed by atoms with E-state index in [2.05, 4.69) is 15.3 Å². The third-order valence-electron chi connectivity index (χ3n) is 2.83. The Morgan fingerprint density at radius 3 is 2.48 bits per heavy atom. The van der Waals surface area contributed by atoms with Crippen LogP contribution in [0.15, 0.2) is 35.6 Å². The summed E-state index contributed by atoms with van der Waals surface area (Å²) < 4.78 is 72.9. The summed E-state index contributed by atoms with van der Waals surface area (Å²) in [4.78, 5) is 6.43. The van der Waals surface area contributed by atoms with Gasteiger partial charge in [-0.3, -0.25) is 0 Å². The second kappa shape index (κ2) is 6.89. The summed E-state index contributed by atoms with van der Waals surface area (Å²) in [5.41, 5.74) is -1.03.